The third-order valence-corrected chi connectivity index (χ3v) is 5.72. The quantitative estimate of drug-likeness (QED) is 0.734. The Labute approximate surface area is 127 Å². The number of rotatable bonds is 7. The fourth-order valence-corrected chi connectivity index (χ4v) is 4.63. The van der Waals surface area contributed by atoms with Gasteiger partial charge in [-0.2, -0.15) is 11.8 Å². The molecule has 1 spiro atoms. The Hall–Kier alpha value is -0.0600. The molecule has 2 aliphatic rings. The molecule has 0 aromatic rings. The second-order valence-electron chi connectivity index (χ2n) is 6.25. The van der Waals surface area contributed by atoms with Crippen LogP contribution in [0.4, 0.5) is 0 Å². The van der Waals surface area contributed by atoms with Crippen LogP contribution >= 0.6 is 11.8 Å². The van der Waals surface area contributed by atoms with Crippen molar-refractivity contribution in [3.63, 3.8) is 0 Å². The summed E-state index contributed by atoms with van der Waals surface area (Å²) in [6.07, 6.45) is 9.40. The molecule has 4 heteroatoms. The number of ketones is 1. The van der Waals surface area contributed by atoms with Gasteiger partial charge in [0.15, 0.2) is 0 Å². The molecule has 0 aromatic heterocycles. The minimum absolute atomic E-state index is 0.0450. The number of unbranched alkanes of at least 4 members (excludes halogenated alkanes) is 3. The first-order valence-electron chi connectivity index (χ1n) is 8.20. The van der Waals surface area contributed by atoms with Crippen molar-refractivity contribution in [3.8, 4) is 0 Å². The highest BCUT2D eigenvalue weighted by Gasteiger charge is 2.40. The van der Waals surface area contributed by atoms with Crippen molar-refractivity contribution in [3.05, 3.63) is 0 Å². The van der Waals surface area contributed by atoms with Crippen LogP contribution < -0.4 is 5.73 Å². The lowest BCUT2D eigenvalue weighted by Crippen LogP contribution is -2.44. The largest absolute Gasteiger partial charge is 0.375 e. The first kappa shape index (κ1) is 16.3. The van der Waals surface area contributed by atoms with Crippen LogP contribution in [0.25, 0.3) is 0 Å². The maximum Gasteiger partial charge on any atom is 0.136 e. The second-order valence-corrected chi connectivity index (χ2v) is 7.48. The topological polar surface area (TPSA) is 52.3 Å². The highest BCUT2D eigenvalue weighted by atomic mass is 32.2. The fraction of sp³-hybridized carbons (Fsp3) is 0.938. The molecule has 2 aliphatic heterocycles. The van der Waals surface area contributed by atoms with Gasteiger partial charge in [0, 0.05) is 18.9 Å². The summed E-state index contributed by atoms with van der Waals surface area (Å²) in [5.74, 6) is 3.14. The summed E-state index contributed by atoms with van der Waals surface area (Å²) < 4.78 is 6.06. The van der Waals surface area contributed by atoms with Gasteiger partial charge >= 0.3 is 0 Å². The van der Waals surface area contributed by atoms with Crippen molar-refractivity contribution >= 4 is 17.5 Å². The summed E-state index contributed by atoms with van der Waals surface area (Å²) in [4.78, 5) is 12.4. The molecule has 0 amide bonds. The number of carbonyl (C=O) groups is 1. The zero-order chi connectivity index (χ0) is 14.3. The third-order valence-electron chi connectivity index (χ3n) is 4.73. The van der Waals surface area contributed by atoms with Gasteiger partial charge in [-0.3, -0.25) is 4.79 Å². The average molecular weight is 299 g/mol. The Morgan fingerprint density at radius 2 is 1.95 bits per heavy atom. The number of nitrogens with two attached hydrogens (primary N) is 1. The number of hydrogen-bond donors (Lipinski definition) is 1. The fourth-order valence-electron chi connectivity index (χ4n) is 3.40. The van der Waals surface area contributed by atoms with Crippen molar-refractivity contribution in [2.75, 3.05) is 24.7 Å². The summed E-state index contributed by atoms with van der Waals surface area (Å²) >= 11 is 2.02. The summed E-state index contributed by atoms with van der Waals surface area (Å²) in [7, 11) is 0. The van der Waals surface area contributed by atoms with Gasteiger partial charge in [0.25, 0.3) is 0 Å². The maximum absolute atomic E-state index is 12.4. The minimum Gasteiger partial charge on any atom is -0.375 e. The summed E-state index contributed by atoms with van der Waals surface area (Å²) in [5.41, 5.74) is 5.53. The maximum atomic E-state index is 12.4. The van der Waals surface area contributed by atoms with E-state index in [1.54, 1.807) is 0 Å². The van der Waals surface area contributed by atoms with Crippen LogP contribution in [0, 0.1) is 5.92 Å². The lowest BCUT2D eigenvalue weighted by atomic mass is 9.79. The number of hydrogen-bond acceptors (Lipinski definition) is 4. The van der Waals surface area contributed by atoms with Crippen LogP contribution in [-0.2, 0) is 9.53 Å². The van der Waals surface area contributed by atoms with Gasteiger partial charge in [0.05, 0.1) is 5.60 Å². The van der Waals surface area contributed by atoms with Crippen molar-refractivity contribution in [2.24, 2.45) is 11.7 Å². The minimum atomic E-state index is 0.0450. The van der Waals surface area contributed by atoms with Gasteiger partial charge in [-0.1, -0.05) is 12.8 Å². The van der Waals surface area contributed by atoms with E-state index in [9.17, 15) is 4.79 Å². The van der Waals surface area contributed by atoms with Crippen molar-refractivity contribution < 1.29 is 9.53 Å². The number of carbonyl (C=O) groups excluding carboxylic acids is 1. The average Bonchev–Trinajstić information content (AvgIpc) is 2.48. The van der Waals surface area contributed by atoms with Crippen molar-refractivity contribution in [1.82, 2.24) is 0 Å². The highest BCUT2D eigenvalue weighted by molar-refractivity contribution is 7.99. The summed E-state index contributed by atoms with van der Waals surface area (Å²) in [5, 5.41) is 0. The molecule has 2 N–H and O–H groups in total. The molecule has 2 saturated heterocycles. The van der Waals surface area contributed by atoms with Crippen molar-refractivity contribution in [2.45, 2.75) is 63.4 Å². The Morgan fingerprint density at radius 1 is 1.20 bits per heavy atom. The molecule has 0 saturated carbocycles. The molecule has 0 radical (unpaired) electrons. The number of Topliss-reactive ketones (excluding diaryl/α,β-unsaturated/α-hetero) is 1. The zero-order valence-electron chi connectivity index (χ0n) is 12.6. The van der Waals surface area contributed by atoms with E-state index in [1.807, 2.05) is 11.8 Å². The Bertz CT molecular complexity index is 297. The predicted octanol–water partition coefficient (Wildman–Crippen LogP) is 3.16. The van der Waals surface area contributed by atoms with Crippen LogP contribution in [0.1, 0.15) is 57.8 Å². The molecule has 1 unspecified atom stereocenters. The van der Waals surface area contributed by atoms with Crippen LogP contribution in [0.2, 0.25) is 0 Å². The molecule has 116 valence electrons. The lowest BCUT2D eigenvalue weighted by molar-refractivity contribution is -0.138. The predicted molar refractivity (Wildman–Crippen MR) is 85.1 cm³/mol. The Kier molecular flexibility index (Phi) is 6.85. The zero-order valence-corrected chi connectivity index (χ0v) is 13.4. The number of ether oxygens (including phenoxy) is 1. The molecule has 0 bridgehead atoms. The van der Waals surface area contributed by atoms with Crippen LogP contribution in [0.3, 0.4) is 0 Å². The Balaban J connectivity index is 1.72. The van der Waals surface area contributed by atoms with E-state index in [1.165, 1.54) is 17.9 Å². The van der Waals surface area contributed by atoms with Crippen LogP contribution in [0.5, 0.6) is 0 Å². The molecular weight excluding hydrogens is 270 g/mol. The first-order chi connectivity index (χ1) is 9.76. The van der Waals surface area contributed by atoms with E-state index in [4.69, 9.17) is 10.5 Å². The van der Waals surface area contributed by atoms with E-state index >= 15 is 0 Å². The smallest absolute Gasteiger partial charge is 0.136 e. The lowest BCUT2D eigenvalue weighted by Gasteiger charge is -2.43. The van der Waals surface area contributed by atoms with Gasteiger partial charge in [0.1, 0.15) is 5.78 Å². The third kappa shape index (κ3) is 4.74. The molecule has 0 aromatic carbocycles. The molecule has 0 aliphatic carbocycles. The molecule has 2 heterocycles. The molecule has 3 nitrogen and oxygen atoms in total. The second kappa shape index (κ2) is 8.40. The highest BCUT2D eigenvalue weighted by Crippen LogP contribution is 2.40. The van der Waals surface area contributed by atoms with E-state index < -0.39 is 0 Å². The molecular formula is C16H29NO2S. The van der Waals surface area contributed by atoms with E-state index in [-0.39, 0.29) is 11.5 Å². The monoisotopic (exact) mass is 299 g/mol. The standard InChI is InChI=1S/C16H29NO2S/c17-9-4-2-1-3-5-15(18)14-6-10-19-16(13-14)7-11-20-12-8-16/h14H,1-13,17H2. The molecule has 2 fully saturated rings. The molecule has 20 heavy (non-hydrogen) atoms. The SMILES string of the molecule is NCCCCCCC(=O)C1CCOC2(CCSCC2)C1. The van der Waals surface area contributed by atoms with E-state index in [0.29, 0.717) is 5.78 Å². The normalized spacial score (nSPS) is 25.8. The van der Waals surface area contributed by atoms with Gasteiger partial charge in [-0.05, 0) is 56.6 Å². The van der Waals surface area contributed by atoms with Crippen LogP contribution in [-0.4, -0.2) is 36.0 Å². The van der Waals surface area contributed by atoms with Crippen molar-refractivity contribution in [1.29, 1.82) is 0 Å². The summed E-state index contributed by atoms with van der Waals surface area (Å²) in [6.45, 7) is 1.56. The van der Waals surface area contributed by atoms with Crippen LogP contribution in [0.15, 0.2) is 0 Å². The number of thioether (sulfide) groups is 1. The molecule has 1 atom stereocenters. The van der Waals surface area contributed by atoms with E-state index in [0.717, 1.165) is 64.5 Å². The summed E-state index contributed by atoms with van der Waals surface area (Å²) in [6, 6.07) is 0. The van der Waals surface area contributed by atoms with Gasteiger partial charge in [-0.25, -0.2) is 0 Å². The van der Waals surface area contributed by atoms with Gasteiger partial charge in [-0.15, -0.1) is 0 Å². The van der Waals surface area contributed by atoms with Gasteiger partial charge in [0.2, 0.25) is 0 Å². The first-order valence-corrected chi connectivity index (χ1v) is 9.36. The van der Waals surface area contributed by atoms with E-state index in [2.05, 4.69) is 0 Å². The molecule has 2 rings (SSSR count). The van der Waals surface area contributed by atoms with Gasteiger partial charge < -0.3 is 10.5 Å². The Morgan fingerprint density at radius 3 is 2.70 bits per heavy atom.